The van der Waals surface area contributed by atoms with E-state index in [1.165, 1.54) is 0 Å². The van der Waals surface area contributed by atoms with Crippen LogP contribution >= 0.6 is 11.8 Å². The normalized spacial score (nSPS) is 12.1. The highest BCUT2D eigenvalue weighted by atomic mass is 32.2. The molecule has 0 fully saturated rings. The molecule has 2 aromatic carbocycles. The van der Waals surface area contributed by atoms with Gasteiger partial charge in [-0.1, -0.05) is 17.7 Å². The Hall–Kier alpha value is -1.88. The molecular formula is C18H19F2NOS. The monoisotopic (exact) mass is 335 g/mol. The van der Waals surface area contributed by atoms with Crippen molar-refractivity contribution in [2.75, 3.05) is 5.32 Å². The third-order valence-corrected chi connectivity index (χ3v) is 4.63. The van der Waals surface area contributed by atoms with E-state index < -0.39 is 16.9 Å². The van der Waals surface area contributed by atoms with Crippen LogP contribution < -0.4 is 5.32 Å². The lowest BCUT2D eigenvalue weighted by atomic mass is 10.1. The van der Waals surface area contributed by atoms with E-state index in [1.54, 1.807) is 6.92 Å². The molecule has 2 aromatic rings. The van der Waals surface area contributed by atoms with Gasteiger partial charge in [0.05, 0.1) is 5.25 Å². The number of hydrogen-bond donors (Lipinski definition) is 1. The van der Waals surface area contributed by atoms with Gasteiger partial charge in [-0.25, -0.2) is 8.78 Å². The molecule has 0 spiro atoms. The van der Waals surface area contributed by atoms with E-state index in [4.69, 9.17) is 0 Å². The predicted octanol–water partition coefficient (Wildman–Crippen LogP) is 5.01. The molecule has 122 valence electrons. The van der Waals surface area contributed by atoms with Crippen molar-refractivity contribution >= 4 is 23.4 Å². The highest BCUT2D eigenvalue weighted by Crippen LogP contribution is 2.29. The van der Waals surface area contributed by atoms with Crippen molar-refractivity contribution in [2.24, 2.45) is 0 Å². The molecule has 0 aliphatic heterocycles. The summed E-state index contributed by atoms with van der Waals surface area (Å²) >= 11 is 1.000. The Labute approximate surface area is 139 Å². The van der Waals surface area contributed by atoms with Gasteiger partial charge in [0.1, 0.15) is 11.6 Å². The average molecular weight is 335 g/mol. The molecule has 1 atom stereocenters. The second-order valence-corrected chi connectivity index (χ2v) is 6.98. The maximum atomic E-state index is 13.7. The van der Waals surface area contributed by atoms with Crippen molar-refractivity contribution in [3.05, 3.63) is 58.7 Å². The van der Waals surface area contributed by atoms with E-state index in [1.807, 2.05) is 32.9 Å². The molecule has 0 bridgehead atoms. The van der Waals surface area contributed by atoms with Crippen LogP contribution in [0, 0.1) is 32.4 Å². The molecule has 5 heteroatoms. The quantitative estimate of drug-likeness (QED) is 0.796. The van der Waals surface area contributed by atoms with Gasteiger partial charge in [0.15, 0.2) is 0 Å². The number of amides is 1. The van der Waals surface area contributed by atoms with Crippen LogP contribution in [0.15, 0.2) is 35.2 Å². The fraction of sp³-hybridized carbons (Fsp3) is 0.278. The van der Waals surface area contributed by atoms with Crippen molar-refractivity contribution in [2.45, 2.75) is 37.8 Å². The summed E-state index contributed by atoms with van der Waals surface area (Å²) in [7, 11) is 0. The zero-order chi connectivity index (χ0) is 17.1. The third kappa shape index (κ3) is 4.32. The van der Waals surface area contributed by atoms with Gasteiger partial charge in [-0.15, -0.1) is 11.8 Å². The minimum atomic E-state index is -0.550. The fourth-order valence-electron chi connectivity index (χ4n) is 2.41. The number of benzene rings is 2. The molecule has 2 rings (SSSR count). The summed E-state index contributed by atoms with van der Waals surface area (Å²) in [5, 5.41) is 2.33. The van der Waals surface area contributed by atoms with Crippen molar-refractivity contribution in [3.63, 3.8) is 0 Å². The molecule has 0 unspecified atom stereocenters. The van der Waals surface area contributed by atoms with Crippen LogP contribution in [0.4, 0.5) is 14.5 Å². The first-order valence-corrected chi connectivity index (χ1v) is 8.16. The summed E-state index contributed by atoms with van der Waals surface area (Å²) in [5.74, 6) is -1.29. The van der Waals surface area contributed by atoms with Crippen LogP contribution in [0.5, 0.6) is 0 Å². The lowest BCUT2D eigenvalue weighted by Crippen LogP contribution is -2.23. The van der Waals surface area contributed by atoms with Crippen LogP contribution in [0.2, 0.25) is 0 Å². The first kappa shape index (κ1) is 17.5. The lowest BCUT2D eigenvalue weighted by Gasteiger charge is -2.16. The fourth-order valence-corrected chi connectivity index (χ4v) is 3.32. The molecule has 1 N–H and O–H groups in total. The third-order valence-electron chi connectivity index (χ3n) is 3.49. The van der Waals surface area contributed by atoms with E-state index in [0.717, 1.165) is 52.3 Å². The van der Waals surface area contributed by atoms with E-state index >= 15 is 0 Å². The second kappa shape index (κ2) is 7.13. The molecule has 0 radical (unpaired) electrons. The first-order chi connectivity index (χ1) is 10.8. The van der Waals surface area contributed by atoms with Gasteiger partial charge >= 0.3 is 0 Å². The number of carbonyl (C=O) groups is 1. The molecular weight excluding hydrogens is 316 g/mol. The molecule has 2 nitrogen and oxygen atoms in total. The molecule has 0 aromatic heterocycles. The number of anilines is 1. The van der Waals surface area contributed by atoms with Gasteiger partial charge in [0.25, 0.3) is 0 Å². The molecule has 23 heavy (non-hydrogen) atoms. The Kier molecular flexibility index (Phi) is 5.42. The summed E-state index contributed by atoms with van der Waals surface area (Å²) in [6.07, 6.45) is 0. The van der Waals surface area contributed by atoms with Gasteiger partial charge in [-0.3, -0.25) is 4.79 Å². The molecule has 0 aliphatic rings. The second-order valence-electron chi connectivity index (χ2n) is 5.60. The Bertz CT molecular complexity index is 723. The molecule has 0 saturated heterocycles. The van der Waals surface area contributed by atoms with Crippen molar-refractivity contribution in [1.29, 1.82) is 0 Å². The zero-order valence-corrected chi connectivity index (χ0v) is 14.4. The first-order valence-electron chi connectivity index (χ1n) is 7.28. The maximum Gasteiger partial charge on any atom is 0.237 e. The Morgan fingerprint density at radius 2 is 1.70 bits per heavy atom. The highest BCUT2D eigenvalue weighted by molar-refractivity contribution is 8.00. The molecule has 0 heterocycles. The van der Waals surface area contributed by atoms with Gasteiger partial charge < -0.3 is 5.32 Å². The van der Waals surface area contributed by atoms with Crippen LogP contribution in [-0.2, 0) is 4.79 Å². The van der Waals surface area contributed by atoms with Gasteiger partial charge in [0.2, 0.25) is 5.91 Å². The van der Waals surface area contributed by atoms with E-state index in [0.29, 0.717) is 0 Å². The minimum Gasteiger partial charge on any atom is -0.325 e. The van der Waals surface area contributed by atoms with Gasteiger partial charge in [-0.05, 0) is 57.0 Å². The van der Waals surface area contributed by atoms with Gasteiger partial charge in [0, 0.05) is 10.6 Å². The minimum absolute atomic E-state index is 0.130. The average Bonchev–Trinajstić information content (AvgIpc) is 2.46. The number of carbonyl (C=O) groups excluding carboxylic acids is 1. The molecule has 1 amide bonds. The largest absolute Gasteiger partial charge is 0.325 e. The van der Waals surface area contributed by atoms with E-state index in [-0.39, 0.29) is 10.8 Å². The number of thioether (sulfide) groups is 1. The van der Waals surface area contributed by atoms with Crippen LogP contribution in [-0.4, -0.2) is 11.2 Å². The standard InChI is InChI=1S/C18H19F2NOS/c1-10-7-11(2)17(12(3)8-10)21-18(22)13(4)23-16-9-14(19)5-6-15(16)20/h5-9,13H,1-4H3,(H,21,22)/t13-/m1/s1. The predicted molar refractivity (Wildman–Crippen MR) is 91.0 cm³/mol. The summed E-state index contributed by atoms with van der Waals surface area (Å²) < 4.78 is 26.9. The molecule has 0 saturated carbocycles. The topological polar surface area (TPSA) is 29.1 Å². The van der Waals surface area contributed by atoms with E-state index in [2.05, 4.69) is 5.32 Å². The zero-order valence-electron chi connectivity index (χ0n) is 13.5. The number of hydrogen-bond acceptors (Lipinski definition) is 2. The number of halogens is 2. The smallest absolute Gasteiger partial charge is 0.237 e. The Morgan fingerprint density at radius 1 is 1.09 bits per heavy atom. The van der Waals surface area contributed by atoms with Crippen molar-refractivity contribution < 1.29 is 13.6 Å². The van der Waals surface area contributed by atoms with Crippen LogP contribution in [0.3, 0.4) is 0 Å². The van der Waals surface area contributed by atoms with Crippen LogP contribution in [0.1, 0.15) is 23.6 Å². The summed E-state index contributed by atoms with van der Waals surface area (Å²) in [6.45, 7) is 7.53. The number of rotatable bonds is 4. The summed E-state index contributed by atoms with van der Waals surface area (Å²) in [5.41, 5.74) is 3.85. The van der Waals surface area contributed by atoms with E-state index in [9.17, 15) is 13.6 Å². The van der Waals surface area contributed by atoms with Crippen molar-refractivity contribution in [3.8, 4) is 0 Å². The SMILES string of the molecule is Cc1cc(C)c(NC(=O)[C@@H](C)Sc2cc(F)ccc2F)c(C)c1. The number of aryl methyl sites for hydroxylation is 3. The Balaban J connectivity index is 2.13. The molecule has 0 aliphatic carbocycles. The summed E-state index contributed by atoms with van der Waals surface area (Å²) in [4.78, 5) is 12.5. The van der Waals surface area contributed by atoms with Gasteiger partial charge in [-0.2, -0.15) is 0 Å². The van der Waals surface area contributed by atoms with Crippen LogP contribution in [0.25, 0.3) is 0 Å². The maximum absolute atomic E-state index is 13.7. The lowest BCUT2D eigenvalue weighted by molar-refractivity contribution is -0.115. The number of nitrogens with one attached hydrogen (secondary N) is 1. The highest BCUT2D eigenvalue weighted by Gasteiger charge is 2.18. The Morgan fingerprint density at radius 3 is 2.30 bits per heavy atom. The summed E-state index contributed by atoms with van der Waals surface area (Å²) in [6, 6.07) is 7.21. The van der Waals surface area contributed by atoms with Crippen molar-refractivity contribution in [1.82, 2.24) is 0 Å².